The van der Waals surface area contributed by atoms with Crippen molar-refractivity contribution in [3.8, 4) is 0 Å². The van der Waals surface area contributed by atoms with Crippen LogP contribution in [0.25, 0.3) is 0 Å². The molecule has 0 aliphatic heterocycles. The summed E-state index contributed by atoms with van der Waals surface area (Å²) in [5.74, 6) is -1.85. The third kappa shape index (κ3) is 3.08. The van der Waals surface area contributed by atoms with Gasteiger partial charge in [-0.25, -0.2) is 17.2 Å². The molecule has 2 aromatic carbocycles. The van der Waals surface area contributed by atoms with Gasteiger partial charge in [0.1, 0.15) is 22.2 Å². The molecule has 4 nitrogen and oxygen atoms in total. The number of nitrogens with one attached hydrogen (secondary N) is 1. The molecule has 2 aromatic rings. The summed E-state index contributed by atoms with van der Waals surface area (Å²) in [6.07, 6.45) is 0. The number of hydrogen-bond acceptors (Lipinski definition) is 3. The lowest BCUT2D eigenvalue weighted by Crippen LogP contribution is -2.16. The van der Waals surface area contributed by atoms with E-state index >= 15 is 0 Å². The zero-order valence-electron chi connectivity index (χ0n) is 10.8. The normalized spacial score (nSPS) is 11.4. The van der Waals surface area contributed by atoms with Crippen LogP contribution >= 0.6 is 11.6 Å². The second-order valence-electron chi connectivity index (χ2n) is 4.34. The van der Waals surface area contributed by atoms with Crippen molar-refractivity contribution in [2.45, 2.75) is 11.8 Å². The highest BCUT2D eigenvalue weighted by Crippen LogP contribution is 2.29. The predicted octanol–water partition coefficient (Wildman–Crippen LogP) is 3.31. The summed E-state index contributed by atoms with van der Waals surface area (Å²) in [5, 5.41) is -0.140. The molecule has 0 heterocycles. The Morgan fingerprint density at radius 2 is 1.86 bits per heavy atom. The van der Waals surface area contributed by atoms with Gasteiger partial charge < -0.3 is 5.73 Å². The van der Waals surface area contributed by atoms with Gasteiger partial charge in [0.15, 0.2) is 0 Å². The summed E-state index contributed by atoms with van der Waals surface area (Å²) >= 11 is 5.73. The molecule has 0 unspecified atom stereocenters. The number of rotatable bonds is 3. The highest BCUT2D eigenvalue weighted by Gasteiger charge is 2.23. The van der Waals surface area contributed by atoms with Crippen LogP contribution < -0.4 is 10.5 Å². The van der Waals surface area contributed by atoms with Gasteiger partial charge in [0.05, 0.1) is 5.02 Å². The number of nitrogens with two attached hydrogens (primary N) is 1. The van der Waals surface area contributed by atoms with E-state index in [1.54, 1.807) is 0 Å². The number of halogens is 3. The van der Waals surface area contributed by atoms with E-state index in [2.05, 4.69) is 0 Å². The lowest BCUT2D eigenvalue weighted by atomic mass is 10.2. The molecule has 0 bridgehead atoms. The van der Waals surface area contributed by atoms with Gasteiger partial charge in [-0.1, -0.05) is 17.7 Å². The molecular weight excluding hydrogens is 322 g/mol. The molecule has 0 radical (unpaired) electrons. The fourth-order valence-electron chi connectivity index (χ4n) is 1.66. The third-order valence-corrected chi connectivity index (χ3v) is 4.49. The zero-order chi connectivity index (χ0) is 15.8. The number of para-hydroxylation sites is 1. The Kier molecular flexibility index (Phi) is 4.06. The summed E-state index contributed by atoms with van der Waals surface area (Å²) < 4.78 is 53.7. The van der Waals surface area contributed by atoms with Crippen LogP contribution in [0, 0.1) is 18.6 Å². The largest absolute Gasteiger partial charge is 0.398 e. The SMILES string of the molecule is Cc1cc(F)c(S(=O)(=O)Nc2c(F)cccc2Cl)cc1N. The minimum atomic E-state index is -4.36. The van der Waals surface area contributed by atoms with Crippen LogP contribution in [0.15, 0.2) is 35.2 Å². The zero-order valence-corrected chi connectivity index (χ0v) is 12.4. The fourth-order valence-corrected chi connectivity index (χ4v) is 3.11. The molecule has 0 aliphatic carbocycles. The molecule has 21 heavy (non-hydrogen) atoms. The Morgan fingerprint density at radius 1 is 1.19 bits per heavy atom. The minimum Gasteiger partial charge on any atom is -0.398 e. The van der Waals surface area contributed by atoms with E-state index in [9.17, 15) is 17.2 Å². The first-order valence-corrected chi connectivity index (χ1v) is 7.61. The number of sulfonamides is 1. The van der Waals surface area contributed by atoms with Gasteiger partial charge in [-0.2, -0.15) is 0 Å². The molecule has 3 N–H and O–H groups in total. The maximum atomic E-state index is 13.8. The maximum absolute atomic E-state index is 13.8. The molecular formula is C13H11ClF2N2O2S. The van der Waals surface area contributed by atoms with Crippen molar-refractivity contribution < 1.29 is 17.2 Å². The smallest absolute Gasteiger partial charge is 0.265 e. The first-order chi connectivity index (χ1) is 9.72. The topological polar surface area (TPSA) is 72.2 Å². The van der Waals surface area contributed by atoms with Gasteiger partial charge in [-0.15, -0.1) is 0 Å². The standard InChI is InChI=1S/C13H11ClF2N2O2S/c1-7-5-10(16)12(6-11(7)17)21(19,20)18-13-8(14)3-2-4-9(13)15/h2-6,18H,17H2,1H3. The van der Waals surface area contributed by atoms with Crippen LogP contribution in [0.1, 0.15) is 5.56 Å². The molecule has 0 atom stereocenters. The van der Waals surface area contributed by atoms with Crippen LogP contribution in [0.3, 0.4) is 0 Å². The van der Waals surface area contributed by atoms with E-state index in [4.69, 9.17) is 17.3 Å². The van der Waals surface area contributed by atoms with Crippen molar-refractivity contribution in [3.05, 3.63) is 52.6 Å². The highest BCUT2D eigenvalue weighted by atomic mass is 35.5. The minimum absolute atomic E-state index is 0.108. The first-order valence-electron chi connectivity index (χ1n) is 5.75. The summed E-state index contributed by atoms with van der Waals surface area (Å²) in [7, 11) is -4.36. The summed E-state index contributed by atoms with van der Waals surface area (Å²) in [5.41, 5.74) is 5.64. The Balaban J connectivity index is 2.51. The Morgan fingerprint density at radius 3 is 2.48 bits per heavy atom. The van der Waals surface area contributed by atoms with Crippen LogP contribution in [0.2, 0.25) is 5.02 Å². The second-order valence-corrected chi connectivity index (χ2v) is 6.40. The molecule has 8 heteroatoms. The van der Waals surface area contributed by atoms with Crippen molar-refractivity contribution in [1.29, 1.82) is 0 Å². The van der Waals surface area contributed by atoms with Gasteiger partial charge in [0, 0.05) is 5.69 Å². The summed E-state index contributed by atoms with van der Waals surface area (Å²) in [4.78, 5) is -0.676. The summed E-state index contributed by atoms with van der Waals surface area (Å²) in [6, 6.07) is 5.63. The molecule has 0 amide bonds. The van der Waals surface area contributed by atoms with Gasteiger partial charge in [0.25, 0.3) is 10.0 Å². The van der Waals surface area contributed by atoms with Crippen LogP contribution in [0.4, 0.5) is 20.2 Å². The highest BCUT2D eigenvalue weighted by molar-refractivity contribution is 7.92. The lowest BCUT2D eigenvalue weighted by Gasteiger charge is -2.12. The monoisotopic (exact) mass is 332 g/mol. The van der Waals surface area contributed by atoms with Crippen LogP contribution in [0.5, 0.6) is 0 Å². The fraction of sp³-hybridized carbons (Fsp3) is 0.0769. The van der Waals surface area contributed by atoms with Gasteiger partial charge in [0.2, 0.25) is 0 Å². The number of hydrogen-bond donors (Lipinski definition) is 2. The Labute approximate surface area is 125 Å². The average Bonchev–Trinajstić information content (AvgIpc) is 2.38. The van der Waals surface area contributed by atoms with Crippen molar-refractivity contribution in [3.63, 3.8) is 0 Å². The van der Waals surface area contributed by atoms with E-state index in [-0.39, 0.29) is 10.7 Å². The van der Waals surface area contributed by atoms with E-state index in [1.807, 2.05) is 4.72 Å². The van der Waals surface area contributed by atoms with Crippen molar-refractivity contribution >= 4 is 33.0 Å². The predicted molar refractivity (Wildman–Crippen MR) is 77.8 cm³/mol. The average molecular weight is 333 g/mol. The van der Waals surface area contributed by atoms with Gasteiger partial charge >= 0.3 is 0 Å². The van der Waals surface area contributed by atoms with Crippen molar-refractivity contribution in [2.75, 3.05) is 10.5 Å². The number of nitrogen functional groups attached to an aromatic ring is 1. The quantitative estimate of drug-likeness (QED) is 0.847. The van der Waals surface area contributed by atoms with E-state index in [0.717, 1.165) is 18.2 Å². The number of anilines is 2. The Hall–Kier alpha value is -1.86. The molecule has 2 rings (SSSR count). The molecule has 0 spiro atoms. The van der Waals surface area contributed by atoms with E-state index < -0.39 is 32.2 Å². The molecule has 0 aromatic heterocycles. The molecule has 0 fully saturated rings. The number of aryl methyl sites for hydroxylation is 1. The van der Waals surface area contributed by atoms with Gasteiger partial charge in [-0.05, 0) is 36.8 Å². The lowest BCUT2D eigenvalue weighted by molar-refractivity contribution is 0.569. The Bertz CT molecular complexity index is 790. The van der Waals surface area contributed by atoms with E-state index in [0.29, 0.717) is 5.56 Å². The molecule has 0 aliphatic rings. The third-order valence-electron chi connectivity index (χ3n) is 2.81. The molecule has 112 valence electrons. The second kappa shape index (κ2) is 5.50. The van der Waals surface area contributed by atoms with Crippen molar-refractivity contribution in [2.24, 2.45) is 0 Å². The van der Waals surface area contributed by atoms with Gasteiger partial charge in [-0.3, -0.25) is 4.72 Å². The van der Waals surface area contributed by atoms with Crippen LogP contribution in [-0.2, 0) is 10.0 Å². The summed E-state index contributed by atoms with van der Waals surface area (Å²) in [6.45, 7) is 1.54. The van der Waals surface area contributed by atoms with Crippen LogP contribution in [-0.4, -0.2) is 8.42 Å². The maximum Gasteiger partial charge on any atom is 0.265 e. The van der Waals surface area contributed by atoms with Crippen molar-refractivity contribution in [1.82, 2.24) is 0 Å². The first kappa shape index (κ1) is 15.5. The molecule has 0 saturated heterocycles. The van der Waals surface area contributed by atoms with E-state index in [1.165, 1.54) is 19.1 Å². The molecule has 0 saturated carbocycles. The number of benzene rings is 2.